The molecule has 3 heteroatoms. The predicted octanol–water partition coefficient (Wildman–Crippen LogP) is 2.38. The van der Waals surface area contributed by atoms with Gasteiger partial charge in [0.05, 0.1) is 18.9 Å². The number of ether oxygens (including phenoxy) is 1. The first-order chi connectivity index (χ1) is 8.26. The van der Waals surface area contributed by atoms with E-state index in [-0.39, 0.29) is 12.7 Å². The molecule has 0 spiro atoms. The zero-order valence-electron chi connectivity index (χ0n) is 10.4. The molecule has 0 aliphatic rings. The molecule has 1 rings (SSSR count). The molecule has 0 fully saturated rings. The Bertz CT molecular complexity index is 393. The van der Waals surface area contributed by atoms with Gasteiger partial charge in [0.25, 0.3) is 0 Å². The lowest BCUT2D eigenvalue weighted by molar-refractivity contribution is 0.209. The third kappa shape index (κ3) is 5.37. The summed E-state index contributed by atoms with van der Waals surface area (Å²) >= 11 is 0. The second-order valence-electron chi connectivity index (χ2n) is 3.90. The molecule has 0 aromatic carbocycles. The van der Waals surface area contributed by atoms with Gasteiger partial charge in [-0.2, -0.15) is 0 Å². The number of aliphatic hydroxyl groups excluding tert-OH is 1. The van der Waals surface area contributed by atoms with Crippen LogP contribution in [0, 0.1) is 11.8 Å². The SMILES string of the molecule is CCCC(C)Oc1cncc(C#CCCO)c1. The minimum Gasteiger partial charge on any atom is -0.489 e. The average Bonchev–Trinajstić information content (AvgIpc) is 2.30. The molecule has 1 aromatic rings. The van der Waals surface area contributed by atoms with E-state index in [1.54, 1.807) is 12.4 Å². The molecule has 1 unspecified atom stereocenters. The van der Waals surface area contributed by atoms with E-state index < -0.39 is 0 Å². The maximum Gasteiger partial charge on any atom is 0.139 e. The maximum atomic E-state index is 8.63. The Morgan fingerprint density at radius 3 is 3.00 bits per heavy atom. The molecule has 92 valence electrons. The second kappa shape index (κ2) is 7.70. The highest BCUT2D eigenvalue weighted by atomic mass is 16.5. The standard InChI is InChI=1S/C14H19NO2/c1-3-6-12(2)17-14-9-13(10-15-11-14)7-4-5-8-16/h9-12,16H,3,5-6,8H2,1-2H3. The molecule has 1 N–H and O–H groups in total. The van der Waals surface area contributed by atoms with Crippen molar-refractivity contribution in [1.29, 1.82) is 0 Å². The number of aliphatic hydroxyl groups is 1. The van der Waals surface area contributed by atoms with Crippen LogP contribution in [-0.2, 0) is 0 Å². The van der Waals surface area contributed by atoms with Crippen molar-refractivity contribution in [3.05, 3.63) is 24.0 Å². The summed E-state index contributed by atoms with van der Waals surface area (Å²) in [7, 11) is 0. The highest BCUT2D eigenvalue weighted by Crippen LogP contribution is 2.14. The minimum atomic E-state index is 0.0875. The number of aromatic nitrogens is 1. The maximum absolute atomic E-state index is 8.63. The third-order valence-electron chi connectivity index (χ3n) is 2.22. The van der Waals surface area contributed by atoms with Crippen molar-refractivity contribution in [2.45, 2.75) is 39.2 Å². The number of hydrogen-bond donors (Lipinski definition) is 1. The Kier molecular flexibility index (Phi) is 6.13. The lowest BCUT2D eigenvalue weighted by Gasteiger charge is -2.13. The zero-order chi connectivity index (χ0) is 12.5. The summed E-state index contributed by atoms with van der Waals surface area (Å²) in [5, 5.41) is 8.63. The van der Waals surface area contributed by atoms with E-state index in [0.717, 1.165) is 24.2 Å². The zero-order valence-corrected chi connectivity index (χ0v) is 10.4. The van der Waals surface area contributed by atoms with Crippen molar-refractivity contribution in [1.82, 2.24) is 4.98 Å². The molecule has 3 nitrogen and oxygen atoms in total. The molecule has 0 aliphatic heterocycles. The molecular weight excluding hydrogens is 214 g/mol. The van der Waals surface area contributed by atoms with Gasteiger partial charge in [-0.15, -0.1) is 0 Å². The van der Waals surface area contributed by atoms with E-state index in [9.17, 15) is 0 Å². The van der Waals surface area contributed by atoms with Gasteiger partial charge in [0.15, 0.2) is 0 Å². The molecule has 0 bridgehead atoms. The second-order valence-corrected chi connectivity index (χ2v) is 3.90. The van der Waals surface area contributed by atoms with Gasteiger partial charge >= 0.3 is 0 Å². The van der Waals surface area contributed by atoms with E-state index in [1.807, 2.05) is 13.0 Å². The molecule has 1 aromatic heterocycles. The number of nitrogens with zero attached hydrogens (tertiary/aromatic N) is 1. The van der Waals surface area contributed by atoms with Crippen LogP contribution in [0.4, 0.5) is 0 Å². The number of pyridine rings is 1. The largest absolute Gasteiger partial charge is 0.489 e. The highest BCUT2D eigenvalue weighted by molar-refractivity contribution is 5.36. The summed E-state index contributed by atoms with van der Waals surface area (Å²) in [6, 6.07) is 1.88. The first-order valence-electron chi connectivity index (χ1n) is 5.97. The first-order valence-corrected chi connectivity index (χ1v) is 5.97. The first kappa shape index (κ1) is 13.5. The van der Waals surface area contributed by atoms with Gasteiger partial charge in [0.2, 0.25) is 0 Å². The minimum absolute atomic E-state index is 0.0875. The van der Waals surface area contributed by atoms with Crippen LogP contribution in [0.5, 0.6) is 5.75 Å². The molecule has 0 aliphatic carbocycles. The van der Waals surface area contributed by atoms with Crippen molar-refractivity contribution in [3.8, 4) is 17.6 Å². The van der Waals surface area contributed by atoms with E-state index in [4.69, 9.17) is 9.84 Å². The van der Waals surface area contributed by atoms with E-state index >= 15 is 0 Å². The van der Waals surface area contributed by atoms with Crippen LogP contribution in [0.2, 0.25) is 0 Å². The molecular formula is C14H19NO2. The lowest BCUT2D eigenvalue weighted by Crippen LogP contribution is -2.11. The summed E-state index contributed by atoms with van der Waals surface area (Å²) in [4.78, 5) is 4.09. The fraction of sp³-hybridized carbons (Fsp3) is 0.500. The molecule has 1 atom stereocenters. The Morgan fingerprint density at radius 2 is 2.29 bits per heavy atom. The summed E-state index contributed by atoms with van der Waals surface area (Å²) in [6.45, 7) is 4.27. The molecule has 0 amide bonds. The fourth-order valence-electron chi connectivity index (χ4n) is 1.47. The Hall–Kier alpha value is -1.53. The monoisotopic (exact) mass is 233 g/mol. The van der Waals surface area contributed by atoms with Crippen molar-refractivity contribution in [2.24, 2.45) is 0 Å². The summed E-state index contributed by atoms with van der Waals surface area (Å²) in [5.41, 5.74) is 0.819. The molecule has 0 radical (unpaired) electrons. The van der Waals surface area contributed by atoms with Crippen LogP contribution in [0.3, 0.4) is 0 Å². The summed E-state index contributed by atoms with van der Waals surface area (Å²) in [6.07, 6.45) is 6.20. The quantitative estimate of drug-likeness (QED) is 0.794. The summed E-state index contributed by atoms with van der Waals surface area (Å²) in [5.74, 6) is 6.55. The van der Waals surface area contributed by atoms with Crippen LogP contribution < -0.4 is 4.74 Å². The van der Waals surface area contributed by atoms with Crippen molar-refractivity contribution >= 4 is 0 Å². The molecule has 0 saturated carbocycles. The van der Waals surface area contributed by atoms with Crippen LogP contribution in [0.15, 0.2) is 18.5 Å². The van der Waals surface area contributed by atoms with Gasteiger partial charge in [-0.25, -0.2) is 0 Å². The van der Waals surface area contributed by atoms with Crippen molar-refractivity contribution in [2.75, 3.05) is 6.61 Å². The smallest absolute Gasteiger partial charge is 0.139 e. The van der Waals surface area contributed by atoms with Gasteiger partial charge < -0.3 is 9.84 Å². The van der Waals surface area contributed by atoms with Crippen molar-refractivity contribution in [3.63, 3.8) is 0 Å². The van der Waals surface area contributed by atoms with E-state index in [1.165, 1.54) is 0 Å². The third-order valence-corrected chi connectivity index (χ3v) is 2.22. The van der Waals surface area contributed by atoms with Crippen LogP contribution in [0.25, 0.3) is 0 Å². The van der Waals surface area contributed by atoms with Crippen LogP contribution in [-0.4, -0.2) is 22.8 Å². The molecule has 1 heterocycles. The number of hydrogen-bond acceptors (Lipinski definition) is 3. The average molecular weight is 233 g/mol. The van der Waals surface area contributed by atoms with Gasteiger partial charge in [-0.05, 0) is 19.4 Å². The topological polar surface area (TPSA) is 42.4 Å². The van der Waals surface area contributed by atoms with Gasteiger partial charge in [0, 0.05) is 18.2 Å². The fourth-order valence-corrected chi connectivity index (χ4v) is 1.47. The van der Waals surface area contributed by atoms with E-state index in [0.29, 0.717) is 6.42 Å². The molecule has 17 heavy (non-hydrogen) atoms. The van der Waals surface area contributed by atoms with E-state index in [2.05, 4.69) is 23.7 Å². The Labute approximate surface area is 103 Å². The van der Waals surface area contributed by atoms with Crippen molar-refractivity contribution < 1.29 is 9.84 Å². The Morgan fingerprint density at radius 1 is 1.47 bits per heavy atom. The van der Waals surface area contributed by atoms with Crippen LogP contribution in [0.1, 0.15) is 38.7 Å². The highest BCUT2D eigenvalue weighted by Gasteiger charge is 2.03. The van der Waals surface area contributed by atoms with Gasteiger partial charge in [-0.3, -0.25) is 4.98 Å². The van der Waals surface area contributed by atoms with Gasteiger partial charge in [-0.1, -0.05) is 25.2 Å². The normalized spacial score (nSPS) is 11.5. The lowest BCUT2D eigenvalue weighted by atomic mass is 10.2. The Balaban J connectivity index is 2.63. The van der Waals surface area contributed by atoms with Gasteiger partial charge in [0.1, 0.15) is 5.75 Å². The predicted molar refractivity (Wildman–Crippen MR) is 67.8 cm³/mol. The molecule has 0 saturated heterocycles. The number of rotatable bonds is 5. The summed E-state index contributed by atoms with van der Waals surface area (Å²) < 4.78 is 5.72. The van der Waals surface area contributed by atoms with Crippen LogP contribution >= 0.6 is 0 Å².